The molecule has 1 aliphatic rings. The molecular formula is C16H16N2. The summed E-state index contributed by atoms with van der Waals surface area (Å²) in [4.78, 5) is 6.85. The van der Waals surface area contributed by atoms with Gasteiger partial charge in [0.2, 0.25) is 0 Å². The van der Waals surface area contributed by atoms with Gasteiger partial charge in [-0.3, -0.25) is 4.99 Å². The van der Waals surface area contributed by atoms with Gasteiger partial charge in [0.1, 0.15) is 6.67 Å². The summed E-state index contributed by atoms with van der Waals surface area (Å²) in [5.41, 5.74) is 1.38. The molecule has 1 heterocycles. The summed E-state index contributed by atoms with van der Waals surface area (Å²) in [5, 5.41) is 2.32. The smallest absolute Gasteiger partial charge is 0.110 e. The van der Waals surface area contributed by atoms with Crippen LogP contribution in [0.1, 0.15) is 5.56 Å². The van der Waals surface area contributed by atoms with Crippen LogP contribution < -0.4 is 10.6 Å². The summed E-state index contributed by atoms with van der Waals surface area (Å²) in [7, 11) is 0. The fourth-order valence-electron chi connectivity index (χ4n) is 2.20. The maximum Gasteiger partial charge on any atom is 0.110 e. The van der Waals surface area contributed by atoms with E-state index in [0.717, 1.165) is 25.0 Å². The average molecular weight is 236 g/mol. The van der Waals surface area contributed by atoms with Gasteiger partial charge in [-0.05, 0) is 18.1 Å². The molecule has 0 atom stereocenters. The van der Waals surface area contributed by atoms with E-state index in [1.165, 1.54) is 10.8 Å². The van der Waals surface area contributed by atoms with Crippen LogP contribution in [-0.2, 0) is 6.42 Å². The number of para-hydroxylation sites is 1. The zero-order chi connectivity index (χ0) is 12.2. The molecule has 1 aliphatic heterocycles. The lowest BCUT2D eigenvalue weighted by molar-refractivity contribution is 0.417. The molecule has 0 N–H and O–H groups in total. The number of benzene rings is 2. The largest absolute Gasteiger partial charge is 0.357 e. The fourth-order valence-corrected chi connectivity index (χ4v) is 2.20. The van der Waals surface area contributed by atoms with Crippen molar-refractivity contribution in [2.24, 2.45) is 4.99 Å². The first-order valence-electron chi connectivity index (χ1n) is 6.31. The molecule has 0 fully saturated rings. The van der Waals surface area contributed by atoms with Gasteiger partial charge in [-0.25, -0.2) is 0 Å². The highest BCUT2D eigenvalue weighted by atomic mass is 15.2. The average Bonchev–Trinajstić information content (AvgIpc) is 2.46. The Morgan fingerprint density at radius 3 is 2.61 bits per heavy atom. The number of hydrogen-bond donors (Lipinski definition) is 0. The predicted molar refractivity (Wildman–Crippen MR) is 73.4 cm³/mol. The summed E-state index contributed by atoms with van der Waals surface area (Å²) in [6.07, 6.45) is 3.28. The lowest BCUT2D eigenvalue weighted by Crippen LogP contribution is -2.36. The number of rotatable bonds is 3. The summed E-state index contributed by atoms with van der Waals surface area (Å²) >= 11 is 0. The first-order chi connectivity index (χ1) is 8.92. The Morgan fingerprint density at radius 2 is 1.72 bits per heavy atom. The molecule has 0 saturated heterocycles. The molecule has 3 rings (SSSR count). The Balaban J connectivity index is 1.71. The molecule has 18 heavy (non-hydrogen) atoms. The second kappa shape index (κ2) is 5.05. The van der Waals surface area contributed by atoms with Gasteiger partial charge < -0.3 is 4.90 Å². The van der Waals surface area contributed by atoms with Crippen LogP contribution in [0.15, 0.2) is 59.6 Å². The van der Waals surface area contributed by atoms with Gasteiger partial charge in [0, 0.05) is 18.0 Å². The van der Waals surface area contributed by atoms with Crippen molar-refractivity contribution in [3.8, 4) is 0 Å². The van der Waals surface area contributed by atoms with Crippen LogP contribution in [0, 0.1) is 0 Å². The molecule has 90 valence electrons. The Labute approximate surface area is 107 Å². The van der Waals surface area contributed by atoms with Crippen molar-refractivity contribution in [1.29, 1.82) is 0 Å². The van der Waals surface area contributed by atoms with Crippen LogP contribution in [0.5, 0.6) is 0 Å². The highest BCUT2D eigenvalue weighted by Gasteiger charge is 2.03. The van der Waals surface area contributed by atoms with E-state index >= 15 is 0 Å². The van der Waals surface area contributed by atoms with E-state index in [0.29, 0.717) is 0 Å². The highest BCUT2D eigenvalue weighted by molar-refractivity contribution is 5.24. The molecule has 0 aliphatic carbocycles. The van der Waals surface area contributed by atoms with Crippen molar-refractivity contribution in [2.75, 3.05) is 13.2 Å². The van der Waals surface area contributed by atoms with Crippen LogP contribution >= 0.6 is 0 Å². The Morgan fingerprint density at radius 1 is 0.944 bits per heavy atom. The van der Waals surface area contributed by atoms with Crippen LogP contribution in [0.25, 0.3) is 6.20 Å². The summed E-state index contributed by atoms with van der Waals surface area (Å²) in [6.45, 7) is 1.78. The fraction of sp³-hybridized carbons (Fsp3) is 0.188. The van der Waals surface area contributed by atoms with E-state index in [-0.39, 0.29) is 0 Å². The van der Waals surface area contributed by atoms with E-state index in [2.05, 4.69) is 64.6 Å². The predicted octanol–water partition coefficient (Wildman–Crippen LogP) is 1.56. The van der Waals surface area contributed by atoms with E-state index in [9.17, 15) is 0 Å². The normalized spacial score (nSPS) is 13.4. The quantitative estimate of drug-likeness (QED) is 0.789. The van der Waals surface area contributed by atoms with E-state index in [1.807, 2.05) is 6.07 Å². The molecule has 0 spiro atoms. The molecule has 2 heteroatoms. The van der Waals surface area contributed by atoms with Gasteiger partial charge in [0.15, 0.2) is 0 Å². The van der Waals surface area contributed by atoms with Crippen LogP contribution in [-0.4, -0.2) is 18.1 Å². The molecule has 0 aromatic heterocycles. The van der Waals surface area contributed by atoms with Crippen molar-refractivity contribution >= 4 is 6.20 Å². The van der Waals surface area contributed by atoms with Crippen LogP contribution in [0.4, 0.5) is 0 Å². The standard InChI is InChI=1S/C16H16N2/c1-2-6-14(7-3-1)10-11-18-12-15-8-4-5-9-16(15)17-13-18/h1-9,12H,10-11,13H2. The molecular weight excluding hydrogens is 220 g/mol. The zero-order valence-electron chi connectivity index (χ0n) is 10.3. The number of nitrogens with zero attached hydrogens (tertiary/aromatic N) is 2. The molecule has 0 amide bonds. The van der Waals surface area contributed by atoms with Crippen molar-refractivity contribution < 1.29 is 0 Å². The van der Waals surface area contributed by atoms with Gasteiger partial charge >= 0.3 is 0 Å². The lowest BCUT2D eigenvalue weighted by atomic mass is 10.1. The maximum absolute atomic E-state index is 4.58. The van der Waals surface area contributed by atoms with Gasteiger partial charge in [-0.2, -0.15) is 0 Å². The lowest BCUT2D eigenvalue weighted by Gasteiger charge is -2.20. The Hall–Kier alpha value is -2.09. The molecule has 0 unspecified atom stereocenters. The minimum atomic E-state index is 0.768. The summed E-state index contributed by atoms with van der Waals surface area (Å²) in [5.74, 6) is 0. The zero-order valence-corrected chi connectivity index (χ0v) is 10.3. The molecule has 0 radical (unpaired) electrons. The third-order valence-corrected chi connectivity index (χ3v) is 3.21. The maximum atomic E-state index is 4.58. The number of fused-ring (bicyclic) bond motifs is 1. The van der Waals surface area contributed by atoms with Gasteiger partial charge in [0.25, 0.3) is 0 Å². The SMILES string of the molecule is C1=c2ccccc2=NCN1CCc1ccccc1. The van der Waals surface area contributed by atoms with Crippen molar-refractivity contribution in [1.82, 2.24) is 4.90 Å². The van der Waals surface area contributed by atoms with Crippen LogP contribution in [0.2, 0.25) is 0 Å². The topological polar surface area (TPSA) is 15.6 Å². The van der Waals surface area contributed by atoms with E-state index in [1.54, 1.807) is 0 Å². The minimum absolute atomic E-state index is 0.768. The number of hydrogen-bond acceptors (Lipinski definition) is 2. The van der Waals surface area contributed by atoms with Crippen molar-refractivity contribution in [3.63, 3.8) is 0 Å². The third kappa shape index (κ3) is 2.43. The highest BCUT2D eigenvalue weighted by Crippen LogP contribution is 2.02. The van der Waals surface area contributed by atoms with Gasteiger partial charge in [-0.15, -0.1) is 0 Å². The van der Waals surface area contributed by atoms with Gasteiger partial charge in [-0.1, -0.05) is 48.5 Å². The van der Waals surface area contributed by atoms with Gasteiger partial charge in [0.05, 0.1) is 5.36 Å². The molecule has 2 aromatic rings. The van der Waals surface area contributed by atoms with Crippen molar-refractivity contribution in [3.05, 3.63) is 70.7 Å². The molecule has 0 bridgehead atoms. The summed E-state index contributed by atoms with van der Waals surface area (Å²) < 4.78 is 0. The van der Waals surface area contributed by atoms with E-state index < -0.39 is 0 Å². The summed E-state index contributed by atoms with van der Waals surface area (Å²) in [6, 6.07) is 18.9. The monoisotopic (exact) mass is 236 g/mol. The second-order valence-electron chi connectivity index (χ2n) is 4.54. The molecule has 2 aromatic carbocycles. The first-order valence-corrected chi connectivity index (χ1v) is 6.31. The van der Waals surface area contributed by atoms with E-state index in [4.69, 9.17) is 0 Å². The Kier molecular flexibility index (Phi) is 3.09. The van der Waals surface area contributed by atoms with Crippen LogP contribution in [0.3, 0.4) is 0 Å². The first kappa shape index (κ1) is 11.0. The third-order valence-electron chi connectivity index (χ3n) is 3.21. The Bertz CT molecular complexity index is 632. The molecule has 2 nitrogen and oxygen atoms in total. The van der Waals surface area contributed by atoms with Crippen molar-refractivity contribution in [2.45, 2.75) is 6.42 Å². The second-order valence-corrected chi connectivity index (χ2v) is 4.54. The minimum Gasteiger partial charge on any atom is -0.357 e. The molecule has 0 saturated carbocycles.